The summed E-state index contributed by atoms with van der Waals surface area (Å²) in [5.41, 5.74) is 4.18. The molecule has 0 saturated carbocycles. The number of aliphatic hydroxyl groups excluding tert-OH is 1. The number of halogens is 3. The molecule has 0 aliphatic rings. The standard InChI is InChI=1S/C13H20F3N3O/c1-3-12(4-2,8-20)7-18-11-6-9(13(14,15)16)5-10(17)19-11/h5-6,20H,3-4,7-8H2,1-2H3,(H3,17,18,19). The molecule has 1 heterocycles. The van der Waals surface area contributed by atoms with Crippen LogP contribution in [0.5, 0.6) is 0 Å². The molecule has 0 amide bonds. The van der Waals surface area contributed by atoms with E-state index in [-0.39, 0.29) is 23.7 Å². The quantitative estimate of drug-likeness (QED) is 0.753. The van der Waals surface area contributed by atoms with Gasteiger partial charge in [-0.1, -0.05) is 13.8 Å². The molecule has 1 rings (SSSR count). The van der Waals surface area contributed by atoms with Gasteiger partial charge < -0.3 is 16.2 Å². The fraction of sp³-hybridized carbons (Fsp3) is 0.615. The fourth-order valence-corrected chi connectivity index (χ4v) is 1.86. The zero-order chi connectivity index (χ0) is 15.4. The molecule has 1 aromatic heterocycles. The van der Waals surface area contributed by atoms with Crippen LogP contribution in [0.3, 0.4) is 0 Å². The predicted molar refractivity (Wildman–Crippen MR) is 72.2 cm³/mol. The number of nitrogens with zero attached hydrogens (tertiary/aromatic N) is 1. The molecule has 0 spiro atoms. The molecule has 114 valence electrons. The minimum atomic E-state index is -4.46. The van der Waals surface area contributed by atoms with E-state index in [2.05, 4.69) is 10.3 Å². The average molecular weight is 291 g/mol. The smallest absolute Gasteiger partial charge is 0.396 e. The SMILES string of the molecule is CCC(CC)(CO)CNc1cc(C(F)(F)F)cc(N)n1. The van der Waals surface area contributed by atoms with E-state index in [4.69, 9.17) is 5.73 Å². The molecular formula is C13H20F3N3O. The topological polar surface area (TPSA) is 71.2 Å². The third kappa shape index (κ3) is 4.00. The number of nitrogen functional groups attached to an aromatic ring is 1. The average Bonchev–Trinajstić information content (AvgIpc) is 2.39. The maximum atomic E-state index is 12.7. The minimum absolute atomic E-state index is 0.0402. The number of pyridine rings is 1. The summed E-state index contributed by atoms with van der Waals surface area (Å²) in [7, 11) is 0. The minimum Gasteiger partial charge on any atom is -0.396 e. The van der Waals surface area contributed by atoms with Crippen LogP contribution in [0.1, 0.15) is 32.3 Å². The second-order valence-corrected chi connectivity index (χ2v) is 4.88. The zero-order valence-corrected chi connectivity index (χ0v) is 11.6. The van der Waals surface area contributed by atoms with E-state index in [1.54, 1.807) is 0 Å². The lowest BCUT2D eigenvalue weighted by atomic mass is 9.83. The van der Waals surface area contributed by atoms with Gasteiger partial charge in [0.15, 0.2) is 0 Å². The highest BCUT2D eigenvalue weighted by Crippen LogP contribution is 2.32. The summed E-state index contributed by atoms with van der Waals surface area (Å²) in [4.78, 5) is 3.84. The van der Waals surface area contributed by atoms with Crippen molar-refractivity contribution in [2.24, 2.45) is 5.41 Å². The van der Waals surface area contributed by atoms with Gasteiger partial charge in [0.1, 0.15) is 11.6 Å². The van der Waals surface area contributed by atoms with Crippen molar-refractivity contribution < 1.29 is 18.3 Å². The number of rotatable bonds is 6. The maximum Gasteiger partial charge on any atom is 0.416 e. The van der Waals surface area contributed by atoms with Crippen molar-refractivity contribution in [3.05, 3.63) is 17.7 Å². The zero-order valence-electron chi connectivity index (χ0n) is 11.6. The van der Waals surface area contributed by atoms with Crippen LogP contribution in [0.4, 0.5) is 24.8 Å². The van der Waals surface area contributed by atoms with Gasteiger partial charge in [-0.25, -0.2) is 4.98 Å². The van der Waals surface area contributed by atoms with Crippen molar-refractivity contribution >= 4 is 11.6 Å². The van der Waals surface area contributed by atoms with Crippen molar-refractivity contribution in [1.82, 2.24) is 4.98 Å². The summed E-state index contributed by atoms with van der Waals surface area (Å²) in [6.07, 6.45) is -3.04. The van der Waals surface area contributed by atoms with Gasteiger partial charge in [-0.15, -0.1) is 0 Å². The monoisotopic (exact) mass is 291 g/mol. The Morgan fingerprint density at radius 3 is 2.30 bits per heavy atom. The lowest BCUT2D eigenvalue weighted by molar-refractivity contribution is -0.137. The lowest BCUT2D eigenvalue weighted by Gasteiger charge is -2.29. The van der Waals surface area contributed by atoms with Gasteiger partial charge >= 0.3 is 6.18 Å². The van der Waals surface area contributed by atoms with Gasteiger partial charge in [-0.3, -0.25) is 0 Å². The molecule has 1 aromatic rings. The molecule has 0 aliphatic heterocycles. The van der Waals surface area contributed by atoms with Gasteiger partial charge in [0.05, 0.1) is 12.2 Å². The summed E-state index contributed by atoms with van der Waals surface area (Å²) in [5.74, 6) is -0.123. The van der Waals surface area contributed by atoms with E-state index in [0.29, 0.717) is 19.4 Å². The molecule has 0 atom stereocenters. The highest BCUT2D eigenvalue weighted by Gasteiger charge is 2.32. The van der Waals surface area contributed by atoms with Crippen LogP contribution in [-0.2, 0) is 6.18 Å². The van der Waals surface area contributed by atoms with Crippen LogP contribution in [0, 0.1) is 5.41 Å². The number of aromatic nitrogens is 1. The number of nitrogens with two attached hydrogens (primary N) is 1. The van der Waals surface area contributed by atoms with Crippen molar-refractivity contribution in [1.29, 1.82) is 0 Å². The Hall–Kier alpha value is -1.50. The highest BCUT2D eigenvalue weighted by atomic mass is 19.4. The van der Waals surface area contributed by atoms with Crippen molar-refractivity contribution in [2.75, 3.05) is 24.2 Å². The third-order valence-electron chi connectivity index (χ3n) is 3.65. The molecule has 4 nitrogen and oxygen atoms in total. The van der Waals surface area contributed by atoms with Crippen LogP contribution in [-0.4, -0.2) is 23.2 Å². The Bertz CT molecular complexity index is 437. The number of hydrogen-bond donors (Lipinski definition) is 3. The summed E-state index contributed by atoms with van der Waals surface area (Å²) >= 11 is 0. The fourth-order valence-electron chi connectivity index (χ4n) is 1.86. The maximum absolute atomic E-state index is 12.7. The lowest BCUT2D eigenvalue weighted by Crippen LogP contribution is -2.32. The Balaban J connectivity index is 2.91. The van der Waals surface area contributed by atoms with Gasteiger partial charge in [0, 0.05) is 12.0 Å². The normalized spacial score (nSPS) is 12.5. The van der Waals surface area contributed by atoms with Crippen molar-refractivity contribution in [2.45, 2.75) is 32.9 Å². The van der Waals surface area contributed by atoms with Crippen LogP contribution >= 0.6 is 0 Å². The second kappa shape index (κ2) is 6.30. The highest BCUT2D eigenvalue weighted by molar-refractivity contribution is 5.47. The van der Waals surface area contributed by atoms with Crippen LogP contribution in [0.25, 0.3) is 0 Å². The molecule has 0 fully saturated rings. The van der Waals surface area contributed by atoms with Crippen molar-refractivity contribution in [3.63, 3.8) is 0 Å². The molecule has 0 radical (unpaired) electrons. The Morgan fingerprint density at radius 2 is 1.85 bits per heavy atom. The van der Waals surface area contributed by atoms with Crippen LogP contribution < -0.4 is 11.1 Å². The van der Waals surface area contributed by atoms with E-state index in [0.717, 1.165) is 12.1 Å². The number of alkyl halides is 3. The van der Waals surface area contributed by atoms with Crippen LogP contribution in [0.15, 0.2) is 12.1 Å². The van der Waals surface area contributed by atoms with E-state index in [1.165, 1.54) is 0 Å². The van der Waals surface area contributed by atoms with Crippen molar-refractivity contribution in [3.8, 4) is 0 Å². The number of nitrogens with one attached hydrogen (secondary N) is 1. The van der Waals surface area contributed by atoms with E-state index in [9.17, 15) is 18.3 Å². The molecule has 4 N–H and O–H groups in total. The summed E-state index contributed by atoms with van der Waals surface area (Å²) < 4.78 is 38.0. The molecule has 0 aromatic carbocycles. The number of hydrogen-bond acceptors (Lipinski definition) is 4. The summed E-state index contributed by atoms with van der Waals surface area (Å²) in [6, 6.07) is 1.72. The van der Waals surface area contributed by atoms with Gasteiger partial charge in [0.2, 0.25) is 0 Å². The van der Waals surface area contributed by atoms with E-state index >= 15 is 0 Å². The first-order valence-corrected chi connectivity index (χ1v) is 6.46. The molecule has 0 unspecified atom stereocenters. The first kappa shape index (κ1) is 16.6. The molecule has 0 aliphatic carbocycles. The first-order chi connectivity index (χ1) is 9.26. The summed E-state index contributed by atoms with van der Waals surface area (Å²) in [5, 5.41) is 12.3. The largest absolute Gasteiger partial charge is 0.416 e. The number of aliphatic hydroxyl groups is 1. The van der Waals surface area contributed by atoms with E-state index < -0.39 is 11.7 Å². The number of anilines is 2. The second-order valence-electron chi connectivity index (χ2n) is 4.88. The van der Waals surface area contributed by atoms with Gasteiger partial charge in [0.25, 0.3) is 0 Å². The Labute approximate surface area is 116 Å². The Kier molecular flexibility index (Phi) is 5.21. The first-order valence-electron chi connectivity index (χ1n) is 6.46. The van der Waals surface area contributed by atoms with Crippen LogP contribution in [0.2, 0.25) is 0 Å². The molecule has 20 heavy (non-hydrogen) atoms. The molecule has 7 heteroatoms. The molecular weight excluding hydrogens is 271 g/mol. The van der Waals surface area contributed by atoms with E-state index in [1.807, 2.05) is 13.8 Å². The molecule has 0 saturated heterocycles. The van der Waals surface area contributed by atoms with Gasteiger partial charge in [-0.2, -0.15) is 13.2 Å². The third-order valence-corrected chi connectivity index (χ3v) is 3.65. The Morgan fingerprint density at radius 1 is 1.25 bits per heavy atom. The van der Waals surface area contributed by atoms with Gasteiger partial charge in [-0.05, 0) is 25.0 Å². The summed E-state index contributed by atoms with van der Waals surface area (Å²) in [6.45, 7) is 4.15. The predicted octanol–water partition coefficient (Wildman–Crippen LogP) is 2.89. The molecule has 0 bridgehead atoms.